The van der Waals surface area contributed by atoms with Crippen LogP contribution in [0.4, 0.5) is 0 Å². The van der Waals surface area contributed by atoms with Crippen molar-refractivity contribution in [1.29, 1.82) is 0 Å². The van der Waals surface area contributed by atoms with Gasteiger partial charge in [-0.2, -0.15) is 0 Å². The Labute approximate surface area is 105 Å². The van der Waals surface area contributed by atoms with Gasteiger partial charge in [-0.3, -0.25) is 9.59 Å². The largest absolute Gasteiger partial charge is 0.366 e. The van der Waals surface area contributed by atoms with E-state index in [1.807, 2.05) is 31.2 Å². The van der Waals surface area contributed by atoms with E-state index in [1.54, 1.807) is 7.05 Å². The second-order valence-corrected chi connectivity index (χ2v) is 4.23. The van der Waals surface area contributed by atoms with Crippen LogP contribution in [0, 0.1) is 6.92 Å². The van der Waals surface area contributed by atoms with Gasteiger partial charge in [-0.1, -0.05) is 24.3 Å². The average molecular weight is 242 g/mol. The summed E-state index contributed by atoms with van der Waals surface area (Å²) in [5.74, 6) is -0.538. The monoisotopic (exact) mass is 242 g/mol. The molecule has 0 saturated heterocycles. The predicted octanol–water partition coefficient (Wildman–Crippen LogP) is 1.46. The maximum Gasteiger partial charge on any atom is 0.250 e. The third-order valence-corrected chi connectivity index (χ3v) is 2.93. The first-order valence-electron chi connectivity index (χ1n) is 5.57. The second kappa shape index (κ2) is 4.49. The molecule has 0 saturated carbocycles. The summed E-state index contributed by atoms with van der Waals surface area (Å²) in [7, 11) is 1.59. The summed E-state index contributed by atoms with van der Waals surface area (Å²) in [6.07, 6.45) is 1.48. The van der Waals surface area contributed by atoms with E-state index in [1.165, 1.54) is 16.8 Å². The number of aryl methyl sites for hydroxylation is 2. The summed E-state index contributed by atoms with van der Waals surface area (Å²) in [5.41, 5.74) is 7.98. The number of carbonyl (C=O) groups excluding carboxylic acids is 1. The molecule has 0 aliphatic rings. The van der Waals surface area contributed by atoms with Gasteiger partial charge in [-0.15, -0.1) is 0 Å². The molecule has 2 N–H and O–H groups in total. The SMILES string of the molecule is Cc1ccccc1-c1cc(=O)n(C)cc1C(N)=O. The molecule has 92 valence electrons. The van der Waals surface area contributed by atoms with Crippen molar-refractivity contribution in [2.24, 2.45) is 12.8 Å². The highest BCUT2D eigenvalue weighted by molar-refractivity contribution is 5.99. The van der Waals surface area contributed by atoms with Crippen molar-refractivity contribution in [3.05, 3.63) is 58.0 Å². The minimum absolute atomic E-state index is 0.168. The molecule has 0 bridgehead atoms. The Morgan fingerprint density at radius 1 is 1.22 bits per heavy atom. The molecular formula is C14H14N2O2. The number of pyridine rings is 1. The number of carbonyl (C=O) groups is 1. The zero-order valence-electron chi connectivity index (χ0n) is 10.3. The minimum atomic E-state index is -0.538. The first-order valence-corrected chi connectivity index (χ1v) is 5.57. The third-order valence-electron chi connectivity index (χ3n) is 2.93. The molecule has 4 heteroatoms. The summed E-state index contributed by atoms with van der Waals surface area (Å²) in [6, 6.07) is 9.02. The minimum Gasteiger partial charge on any atom is -0.366 e. The zero-order chi connectivity index (χ0) is 13.3. The lowest BCUT2D eigenvalue weighted by atomic mass is 9.97. The molecule has 1 amide bonds. The Kier molecular flexibility index (Phi) is 3.02. The first kappa shape index (κ1) is 12.1. The number of nitrogens with two attached hydrogens (primary N) is 1. The van der Waals surface area contributed by atoms with Gasteiger partial charge in [0.25, 0.3) is 11.5 Å². The van der Waals surface area contributed by atoms with Crippen LogP contribution in [-0.4, -0.2) is 10.5 Å². The molecule has 1 heterocycles. The van der Waals surface area contributed by atoms with E-state index in [0.29, 0.717) is 11.1 Å². The van der Waals surface area contributed by atoms with E-state index in [2.05, 4.69) is 0 Å². The van der Waals surface area contributed by atoms with Crippen molar-refractivity contribution in [3.8, 4) is 11.1 Å². The fourth-order valence-electron chi connectivity index (χ4n) is 1.92. The van der Waals surface area contributed by atoms with Crippen LogP contribution in [0.1, 0.15) is 15.9 Å². The maximum atomic E-state index is 11.7. The van der Waals surface area contributed by atoms with Crippen molar-refractivity contribution in [2.75, 3.05) is 0 Å². The van der Waals surface area contributed by atoms with Crippen LogP contribution in [0.2, 0.25) is 0 Å². The molecule has 0 aliphatic carbocycles. The number of rotatable bonds is 2. The summed E-state index contributed by atoms with van der Waals surface area (Å²) in [5, 5.41) is 0. The first-order chi connectivity index (χ1) is 8.50. The highest BCUT2D eigenvalue weighted by Gasteiger charge is 2.13. The van der Waals surface area contributed by atoms with Gasteiger partial charge in [0.05, 0.1) is 5.56 Å². The number of primary amides is 1. The van der Waals surface area contributed by atoms with Crippen molar-refractivity contribution < 1.29 is 4.79 Å². The molecule has 4 nitrogen and oxygen atoms in total. The number of amides is 1. The smallest absolute Gasteiger partial charge is 0.250 e. The van der Waals surface area contributed by atoms with Crippen LogP contribution in [0.25, 0.3) is 11.1 Å². The summed E-state index contributed by atoms with van der Waals surface area (Å²) >= 11 is 0. The average Bonchev–Trinajstić information content (AvgIpc) is 2.32. The number of hydrogen-bond donors (Lipinski definition) is 1. The standard InChI is InChI=1S/C14H14N2O2/c1-9-5-3-4-6-10(9)11-7-13(17)16(2)8-12(11)14(15)18/h3-8H,1-2H3,(H2,15,18). The lowest BCUT2D eigenvalue weighted by Gasteiger charge is -2.10. The molecule has 1 aromatic carbocycles. The number of benzene rings is 1. The Morgan fingerprint density at radius 3 is 2.50 bits per heavy atom. The molecular weight excluding hydrogens is 228 g/mol. The predicted molar refractivity (Wildman–Crippen MR) is 70.4 cm³/mol. The summed E-state index contributed by atoms with van der Waals surface area (Å²) in [6.45, 7) is 1.93. The summed E-state index contributed by atoms with van der Waals surface area (Å²) in [4.78, 5) is 23.2. The molecule has 2 rings (SSSR count). The Hall–Kier alpha value is -2.36. The maximum absolute atomic E-state index is 11.7. The number of nitrogens with zero attached hydrogens (tertiary/aromatic N) is 1. The molecule has 0 fully saturated rings. The topological polar surface area (TPSA) is 65.1 Å². The van der Waals surface area contributed by atoms with E-state index >= 15 is 0 Å². The Bertz CT molecular complexity index is 672. The van der Waals surface area contributed by atoms with Gasteiger partial charge in [0.2, 0.25) is 0 Å². The van der Waals surface area contributed by atoms with E-state index < -0.39 is 5.91 Å². The number of aromatic nitrogens is 1. The molecule has 0 atom stereocenters. The molecule has 2 aromatic rings. The van der Waals surface area contributed by atoms with Crippen LogP contribution >= 0.6 is 0 Å². The van der Waals surface area contributed by atoms with Crippen LogP contribution in [-0.2, 0) is 7.05 Å². The van der Waals surface area contributed by atoms with Crippen molar-refractivity contribution in [1.82, 2.24) is 4.57 Å². The van der Waals surface area contributed by atoms with E-state index in [-0.39, 0.29) is 5.56 Å². The van der Waals surface area contributed by atoms with Gasteiger partial charge in [0.1, 0.15) is 0 Å². The third kappa shape index (κ3) is 2.05. The van der Waals surface area contributed by atoms with Crippen LogP contribution in [0.3, 0.4) is 0 Å². The van der Waals surface area contributed by atoms with E-state index in [4.69, 9.17) is 5.73 Å². The fraction of sp³-hybridized carbons (Fsp3) is 0.143. The molecule has 1 aromatic heterocycles. The Morgan fingerprint density at radius 2 is 1.89 bits per heavy atom. The van der Waals surface area contributed by atoms with Crippen molar-refractivity contribution in [3.63, 3.8) is 0 Å². The van der Waals surface area contributed by atoms with Gasteiger partial charge in [-0.05, 0) is 18.1 Å². The molecule has 0 spiro atoms. The molecule has 18 heavy (non-hydrogen) atoms. The van der Waals surface area contributed by atoms with Gasteiger partial charge >= 0.3 is 0 Å². The highest BCUT2D eigenvalue weighted by atomic mass is 16.1. The van der Waals surface area contributed by atoms with Crippen molar-refractivity contribution in [2.45, 2.75) is 6.92 Å². The highest BCUT2D eigenvalue weighted by Crippen LogP contribution is 2.25. The molecule has 0 unspecified atom stereocenters. The quantitative estimate of drug-likeness (QED) is 0.866. The Balaban J connectivity index is 2.78. The lowest BCUT2D eigenvalue weighted by Crippen LogP contribution is -2.21. The van der Waals surface area contributed by atoms with Crippen LogP contribution in [0.15, 0.2) is 41.3 Å². The van der Waals surface area contributed by atoms with E-state index in [0.717, 1.165) is 11.1 Å². The molecule has 0 radical (unpaired) electrons. The molecule has 0 aliphatic heterocycles. The van der Waals surface area contributed by atoms with Gasteiger partial charge in [-0.25, -0.2) is 0 Å². The van der Waals surface area contributed by atoms with Gasteiger partial charge in [0.15, 0.2) is 0 Å². The van der Waals surface area contributed by atoms with Gasteiger partial charge in [0, 0.05) is 24.9 Å². The van der Waals surface area contributed by atoms with E-state index in [9.17, 15) is 9.59 Å². The van der Waals surface area contributed by atoms with Crippen LogP contribution in [0.5, 0.6) is 0 Å². The fourth-order valence-corrected chi connectivity index (χ4v) is 1.92. The number of hydrogen-bond acceptors (Lipinski definition) is 2. The van der Waals surface area contributed by atoms with Gasteiger partial charge < -0.3 is 10.3 Å². The lowest BCUT2D eigenvalue weighted by molar-refractivity contribution is 0.1000. The second-order valence-electron chi connectivity index (χ2n) is 4.23. The normalized spacial score (nSPS) is 10.3. The zero-order valence-corrected chi connectivity index (χ0v) is 10.3. The summed E-state index contributed by atoms with van der Waals surface area (Å²) < 4.78 is 1.35. The van der Waals surface area contributed by atoms with Crippen molar-refractivity contribution >= 4 is 5.91 Å². The van der Waals surface area contributed by atoms with Crippen LogP contribution < -0.4 is 11.3 Å².